The number of aromatic nitrogens is 1. The third-order valence-electron chi connectivity index (χ3n) is 3.39. The van der Waals surface area contributed by atoms with E-state index in [1.54, 1.807) is 11.3 Å². The van der Waals surface area contributed by atoms with Crippen LogP contribution in [0.1, 0.15) is 28.4 Å². The molecule has 7 heteroatoms. The number of hydrogen-bond donors (Lipinski definition) is 2. The lowest BCUT2D eigenvalue weighted by Gasteiger charge is -2.14. The minimum absolute atomic E-state index is 0. The summed E-state index contributed by atoms with van der Waals surface area (Å²) in [7, 11) is 1.83. The monoisotopic (exact) mass is 440 g/mol. The molecule has 2 N–H and O–H groups in total. The number of guanidine groups is 1. The Balaban J connectivity index is 0.00000220. The van der Waals surface area contributed by atoms with E-state index in [1.807, 2.05) is 7.05 Å². The highest BCUT2D eigenvalue weighted by Gasteiger charge is 2.15. The van der Waals surface area contributed by atoms with E-state index < -0.39 is 0 Å². The molecular formula is C14H25IN4S2. The fourth-order valence-corrected chi connectivity index (χ4v) is 4.47. The predicted molar refractivity (Wildman–Crippen MR) is 106 cm³/mol. The minimum atomic E-state index is 0. The van der Waals surface area contributed by atoms with Crippen LogP contribution in [0.4, 0.5) is 0 Å². The highest BCUT2D eigenvalue weighted by molar-refractivity contribution is 14.0. The van der Waals surface area contributed by atoms with Crippen molar-refractivity contribution in [3.63, 3.8) is 0 Å². The lowest BCUT2D eigenvalue weighted by Crippen LogP contribution is -2.40. The number of aryl methyl sites for hydroxylation is 2. The van der Waals surface area contributed by atoms with Crippen molar-refractivity contribution in [1.82, 2.24) is 15.6 Å². The topological polar surface area (TPSA) is 49.3 Å². The van der Waals surface area contributed by atoms with Gasteiger partial charge in [0.15, 0.2) is 5.96 Å². The summed E-state index contributed by atoms with van der Waals surface area (Å²) in [5.41, 5.74) is 1.17. The molecule has 1 aliphatic heterocycles. The van der Waals surface area contributed by atoms with Gasteiger partial charge >= 0.3 is 0 Å². The van der Waals surface area contributed by atoms with Crippen molar-refractivity contribution in [2.75, 3.05) is 25.9 Å². The van der Waals surface area contributed by atoms with Gasteiger partial charge in [-0.2, -0.15) is 11.8 Å². The van der Waals surface area contributed by atoms with E-state index in [-0.39, 0.29) is 24.0 Å². The van der Waals surface area contributed by atoms with E-state index in [1.165, 1.54) is 29.2 Å². The maximum absolute atomic E-state index is 4.46. The Morgan fingerprint density at radius 2 is 2.19 bits per heavy atom. The zero-order chi connectivity index (χ0) is 14.4. The van der Waals surface area contributed by atoms with Crippen molar-refractivity contribution in [2.45, 2.75) is 38.4 Å². The molecule has 21 heavy (non-hydrogen) atoms. The molecule has 0 aromatic carbocycles. The molecule has 0 amide bonds. The van der Waals surface area contributed by atoms with Gasteiger partial charge in [0.2, 0.25) is 0 Å². The van der Waals surface area contributed by atoms with Gasteiger partial charge in [-0.05, 0) is 32.4 Å². The smallest absolute Gasteiger partial charge is 0.191 e. The van der Waals surface area contributed by atoms with E-state index >= 15 is 0 Å². The average molecular weight is 440 g/mol. The van der Waals surface area contributed by atoms with Crippen LogP contribution in [0, 0.1) is 13.8 Å². The van der Waals surface area contributed by atoms with Crippen LogP contribution in [0.25, 0.3) is 0 Å². The second kappa shape index (κ2) is 9.89. The normalized spacial score (nSPS) is 18.4. The van der Waals surface area contributed by atoms with Gasteiger partial charge in [-0.3, -0.25) is 4.99 Å². The Morgan fingerprint density at radius 3 is 2.76 bits per heavy atom. The molecule has 0 bridgehead atoms. The molecule has 0 spiro atoms. The molecule has 1 atom stereocenters. The van der Waals surface area contributed by atoms with Crippen LogP contribution < -0.4 is 10.6 Å². The Kier molecular flexibility index (Phi) is 8.96. The molecular weight excluding hydrogens is 415 g/mol. The standard InChI is InChI=1S/C14H24N4S2.HI/c1-10-13(20-11(2)18-10)6-7-16-14(15-3)17-9-12-5-4-8-19-12;/h12H,4-9H2,1-3H3,(H2,15,16,17);1H. The van der Waals surface area contributed by atoms with Crippen LogP contribution in [-0.2, 0) is 6.42 Å². The summed E-state index contributed by atoms with van der Waals surface area (Å²) in [5, 5.41) is 8.71. The fourth-order valence-electron chi connectivity index (χ4n) is 2.34. The zero-order valence-electron chi connectivity index (χ0n) is 12.9. The average Bonchev–Trinajstić information content (AvgIpc) is 3.04. The van der Waals surface area contributed by atoms with Crippen molar-refractivity contribution in [2.24, 2.45) is 4.99 Å². The van der Waals surface area contributed by atoms with E-state index in [9.17, 15) is 0 Å². The van der Waals surface area contributed by atoms with E-state index in [0.717, 1.165) is 35.7 Å². The third-order valence-corrected chi connectivity index (χ3v) is 5.92. The molecule has 0 aliphatic carbocycles. The second-order valence-corrected chi connectivity index (χ2v) is 7.70. The number of nitrogens with zero attached hydrogens (tertiary/aromatic N) is 2. The van der Waals surface area contributed by atoms with Gasteiger partial charge in [0, 0.05) is 36.7 Å². The van der Waals surface area contributed by atoms with Crippen molar-refractivity contribution >= 4 is 53.0 Å². The first kappa shape index (κ1) is 19.0. The molecule has 0 saturated carbocycles. The fraction of sp³-hybridized carbons (Fsp3) is 0.714. The van der Waals surface area contributed by atoms with Gasteiger partial charge in [0.05, 0.1) is 10.7 Å². The number of aliphatic imine (C=N–C) groups is 1. The SMILES string of the molecule is CN=C(NCCc1sc(C)nc1C)NCC1CCCS1.I. The molecule has 1 fully saturated rings. The molecule has 120 valence electrons. The maximum Gasteiger partial charge on any atom is 0.191 e. The minimum Gasteiger partial charge on any atom is -0.356 e. The first-order valence-corrected chi connectivity index (χ1v) is 9.04. The second-order valence-electron chi connectivity index (χ2n) is 5.01. The molecule has 4 nitrogen and oxygen atoms in total. The largest absolute Gasteiger partial charge is 0.356 e. The molecule has 1 aromatic heterocycles. The van der Waals surface area contributed by atoms with Crippen molar-refractivity contribution < 1.29 is 0 Å². The Morgan fingerprint density at radius 1 is 1.38 bits per heavy atom. The van der Waals surface area contributed by atoms with E-state index in [0.29, 0.717) is 0 Å². The Hall–Kier alpha value is -0.0200. The summed E-state index contributed by atoms with van der Waals surface area (Å²) >= 11 is 3.86. The van der Waals surface area contributed by atoms with Gasteiger partial charge in [-0.25, -0.2) is 4.98 Å². The predicted octanol–water partition coefficient (Wildman–Crippen LogP) is 2.98. The van der Waals surface area contributed by atoms with Crippen LogP contribution >= 0.6 is 47.1 Å². The van der Waals surface area contributed by atoms with Gasteiger partial charge < -0.3 is 10.6 Å². The molecule has 0 radical (unpaired) electrons. The van der Waals surface area contributed by atoms with Crippen LogP contribution in [0.3, 0.4) is 0 Å². The number of halogens is 1. The van der Waals surface area contributed by atoms with E-state index in [4.69, 9.17) is 0 Å². The van der Waals surface area contributed by atoms with Gasteiger partial charge in [-0.1, -0.05) is 0 Å². The van der Waals surface area contributed by atoms with Crippen LogP contribution in [0.15, 0.2) is 4.99 Å². The maximum atomic E-state index is 4.46. The molecule has 1 saturated heterocycles. The van der Waals surface area contributed by atoms with Crippen molar-refractivity contribution in [3.8, 4) is 0 Å². The van der Waals surface area contributed by atoms with Gasteiger partial charge in [0.1, 0.15) is 0 Å². The van der Waals surface area contributed by atoms with Crippen molar-refractivity contribution in [3.05, 3.63) is 15.6 Å². The van der Waals surface area contributed by atoms with Gasteiger partial charge in [-0.15, -0.1) is 35.3 Å². The zero-order valence-corrected chi connectivity index (χ0v) is 16.9. The first-order valence-electron chi connectivity index (χ1n) is 7.18. The summed E-state index contributed by atoms with van der Waals surface area (Å²) in [6.45, 7) is 6.07. The van der Waals surface area contributed by atoms with Gasteiger partial charge in [0.25, 0.3) is 0 Å². The summed E-state index contributed by atoms with van der Waals surface area (Å²) in [4.78, 5) is 10.1. The number of thiazole rings is 1. The summed E-state index contributed by atoms with van der Waals surface area (Å²) in [6, 6.07) is 0. The number of hydrogen-bond acceptors (Lipinski definition) is 4. The van der Waals surface area contributed by atoms with Crippen LogP contribution in [0.5, 0.6) is 0 Å². The van der Waals surface area contributed by atoms with Crippen molar-refractivity contribution in [1.29, 1.82) is 0 Å². The van der Waals surface area contributed by atoms with Crippen LogP contribution in [-0.4, -0.2) is 42.1 Å². The molecule has 1 unspecified atom stereocenters. The third kappa shape index (κ3) is 6.32. The molecule has 2 heterocycles. The quantitative estimate of drug-likeness (QED) is 0.420. The number of rotatable bonds is 5. The number of thioether (sulfide) groups is 1. The summed E-state index contributed by atoms with van der Waals surface area (Å²) in [6.07, 6.45) is 3.69. The van der Waals surface area contributed by atoms with E-state index in [2.05, 4.69) is 46.2 Å². The lowest BCUT2D eigenvalue weighted by molar-refractivity contribution is 0.724. The molecule has 1 aliphatic rings. The lowest BCUT2D eigenvalue weighted by atomic mass is 10.2. The Labute approximate surface area is 153 Å². The summed E-state index contributed by atoms with van der Waals surface area (Å²) < 4.78 is 0. The number of nitrogens with one attached hydrogen (secondary N) is 2. The first-order chi connectivity index (χ1) is 9.69. The highest BCUT2D eigenvalue weighted by atomic mass is 127. The summed E-state index contributed by atoms with van der Waals surface area (Å²) in [5.74, 6) is 2.22. The molecule has 2 rings (SSSR count). The highest BCUT2D eigenvalue weighted by Crippen LogP contribution is 2.25. The molecule has 1 aromatic rings. The van der Waals surface area contributed by atoms with Crippen LogP contribution in [0.2, 0.25) is 0 Å². The Bertz CT molecular complexity index is 456.